The highest BCUT2D eigenvalue weighted by Gasteiger charge is 2.26. The quantitative estimate of drug-likeness (QED) is 0.184. The number of para-hydroxylation sites is 2. The van der Waals surface area contributed by atoms with Gasteiger partial charge in [0.2, 0.25) is 5.71 Å². The van der Waals surface area contributed by atoms with Gasteiger partial charge in [0.25, 0.3) is 0 Å². The first-order valence-corrected chi connectivity index (χ1v) is 17.4. The van der Waals surface area contributed by atoms with Crippen LogP contribution in [0, 0.1) is 0 Å². The van der Waals surface area contributed by atoms with E-state index in [0.717, 1.165) is 104 Å². The Kier molecular flexibility index (Phi) is 4.78. The summed E-state index contributed by atoms with van der Waals surface area (Å²) in [6, 6.07) is 48.4. The van der Waals surface area contributed by atoms with Gasteiger partial charge in [0.15, 0.2) is 5.82 Å². The van der Waals surface area contributed by atoms with Gasteiger partial charge in [-0.2, -0.15) is 4.98 Å². The summed E-state index contributed by atoms with van der Waals surface area (Å²) in [6.07, 6.45) is 0. The molecule has 8 aromatic carbocycles. The number of nitrogens with zero attached hydrogens (tertiary/aromatic N) is 3. The van der Waals surface area contributed by atoms with E-state index in [1.165, 1.54) is 10.8 Å². The van der Waals surface area contributed by atoms with Gasteiger partial charge in [-0.1, -0.05) is 84.9 Å². The lowest BCUT2D eigenvalue weighted by Gasteiger charge is -2.12. The monoisotopic (exact) mass is 665 g/mol. The van der Waals surface area contributed by atoms with Gasteiger partial charge in [-0.3, -0.25) is 4.57 Å². The molecule has 0 saturated carbocycles. The van der Waals surface area contributed by atoms with Crippen molar-refractivity contribution >= 4 is 109 Å². The van der Waals surface area contributed by atoms with Crippen molar-refractivity contribution in [2.45, 2.75) is 0 Å². The minimum Gasteiger partial charge on any atom is -0.456 e. The first-order valence-electron chi connectivity index (χ1n) is 17.4. The van der Waals surface area contributed by atoms with Crippen LogP contribution >= 0.6 is 0 Å². The SMILES string of the molecule is c1ccc2c(c1)oc1cc(-c3nc4c(nc3-n3c5cccc6c7ccccc7c7cccc8oc9ccc3c(c9c87)c65)oc3ccccc34)ccc12. The van der Waals surface area contributed by atoms with Crippen molar-refractivity contribution in [3.05, 3.63) is 140 Å². The molecule has 0 aliphatic heterocycles. The molecule has 13 aromatic rings. The molecule has 0 aliphatic carbocycles. The Morgan fingerprint density at radius 1 is 0.385 bits per heavy atom. The summed E-state index contributed by atoms with van der Waals surface area (Å²) in [6.45, 7) is 0. The fourth-order valence-corrected chi connectivity index (χ4v) is 8.82. The summed E-state index contributed by atoms with van der Waals surface area (Å²) in [4.78, 5) is 10.8. The van der Waals surface area contributed by atoms with Crippen LogP contribution < -0.4 is 0 Å². The second-order valence-corrected chi connectivity index (χ2v) is 13.7. The van der Waals surface area contributed by atoms with Crippen molar-refractivity contribution < 1.29 is 13.3 Å². The second-order valence-electron chi connectivity index (χ2n) is 13.7. The van der Waals surface area contributed by atoms with E-state index in [2.05, 4.69) is 102 Å². The van der Waals surface area contributed by atoms with Crippen LogP contribution in [0.3, 0.4) is 0 Å². The molecule has 240 valence electrons. The number of furan rings is 3. The third-order valence-electron chi connectivity index (χ3n) is 11.0. The zero-order valence-electron chi connectivity index (χ0n) is 27.3. The van der Waals surface area contributed by atoms with E-state index in [9.17, 15) is 0 Å². The van der Waals surface area contributed by atoms with E-state index in [1.54, 1.807) is 0 Å². The Labute approximate surface area is 293 Å². The van der Waals surface area contributed by atoms with E-state index in [1.807, 2.05) is 42.5 Å². The van der Waals surface area contributed by atoms with Crippen molar-refractivity contribution in [3.8, 4) is 17.1 Å². The average molecular weight is 666 g/mol. The van der Waals surface area contributed by atoms with Crippen LogP contribution in [0.1, 0.15) is 0 Å². The molecular weight excluding hydrogens is 643 g/mol. The number of benzene rings is 7. The molecule has 0 aliphatic rings. The third-order valence-corrected chi connectivity index (χ3v) is 11.0. The molecular formula is C46H23N3O3. The molecule has 0 fully saturated rings. The zero-order chi connectivity index (χ0) is 33.7. The van der Waals surface area contributed by atoms with Crippen LogP contribution in [0.5, 0.6) is 0 Å². The molecule has 52 heavy (non-hydrogen) atoms. The first-order chi connectivity index (χ1) is 25.8. The maximum atomic E-state index is 6.59. The second kappa shape index (κ2) is 9.33. The summed E-state index contributed by atoms with van der Waals surface area (Å²) in [5, 5.41) is 12.3. The lowest BCUT2D eigenvalue weighted by Crippen LogP contribution is -2.03. The highest BCUT2D eigenvalue weighted by molar-refractivity contribution is 6.38. The molecule has 0 saturated heterocycles. The third kappa shape index (κ3) is 3.25. The maximum Gasteiger partial charge on any atom is 0.248 e. The fraction of sp³-hybridized carbons (Fsp3) is 0. The summed E-state index contributed by atoms with van der Waals surface area (Å²) < 4.78 is 21.7. The smallest absolute Gasteiger partial charge is 0.248 e. The number of rotatable bonds is 2. The van der Waals surface area contributed by atoms with E-state index >= 15 is 0 Å². The predicted octanol–water partition coefficient (Wildman–Crippen LogP) is 12.7. The fourth-order valence-electron chi connectivity index (χ4n) is 8.82. The van der Waals surface area contributed by atoms with Crippen LogP contribution in [-0.2, 0) is 0 Å². The van der Waals surface area contributed by atoms with Crippen LogP contribution in [0.25, 0.3) is 127 Å². The Morgan fingerprint density at radius 3 is 1.85 bits per heavy atom. The Bertz CT molecular complexity index is 3650. The van der Waals surface area contributed by atoms with Crippen molar-refractivity contribution in [1.29, 1.82) is 0 Å². The normalized spacial score (nSPS) is 12.6. The van der Waals surface area contributed by atoms with E-state index in [4.69, 9.17) is 23.2 Å². The predicted molar refractivity (Wildman–Crippen MR) is 210 cm³/mol. The van der Waals surface area contributed by atoms with E-state index in [0.29, 0.717) is 11.5 Å². The standard InChI is InChI=1S/C46H23N3O3/c1-2-10-26-25(9-1)29-13-7-15-32-39(29)41-33(21-22-37-42(41)40-30(26)14-8-18-36(40)51-37)49(32)45-43(47-44-31-12-4-6-17-35(31)52-46(44)48-45)24-19-20-28-27-11-3-5-16-34(27)50-38(28)23-24/h1-23H. The van der Waals surface area contributed by atoms with Gasteiger partial charge < -0.3 is 13.3 Å². The highest BCUT2D eigenvalue weighted by Crippen LogP contribution is 2.48. The summed E-state index contributed by atoms with van der Waals surface area (Å²) in [5.41, 5.74) is 9.03. The molecule has 0 spiro atoms. The average Bonchev–Trinajstić information content (AvgIpc) is 3.94. The van der Waals surface area contributed by atoms with Crippen molar-refractivity contribution in [2.75, 3.05) is 0 Å². The topological polar surface area (TPSA) is 70.1 Å². The van der Waals surface area contributed by atoms with Gasteiger partial charge in [-0.15, -0.1) is 0 Å². The van der Waals surface area contributed by atoms with Gasteiger partial charge in [0.1, 0.15) is 39.1 Å². The van der Waals surface area contributed by atoms with Gasteiger partial charge in [-0.25, -0.2) is 4.98 Å². The molecule has 0 radical (unpaired) electrons. The molecule has 0 N–H and O–H groups in total. The van der Waals surface area contributed by atoms with E-state index < -0.39 is 0 Å². The Hall–Kier alpha value is -7.18. The van der Waals surface area contributed by atoms with Crippen LogP contribution in [0.4, 0.5) is 0 Å². The maximum absolute atomic E-state index is 6.59. The highest BCUT2D eigenvalue weighted by atomic mass is 16.3. The van der Waals surface area contributed by atoms with Crippen LogP contribution in [0.15, 0.2) is 153 Å². The van der Waals surface area contributed by atoms with Crippen molar-refractivity contribution in [3.63, 3.8) is 0 Å². The Balaban J connectivity index is 1.24. The van der Waals surface area contributed by atoms with Gasteiger partial charge in [-0.05, 0) is 76.1 Å². The zero-order valence-corrected chi connectivity index (χ0v) is 27.3. The molecule has 0 bridgehead atoms. The minimum absolute atomic E-state index is 0.489. The first kappa shape index (κ1) is 26.7. The van der Waals surface area contributed by atoms with Gasteiger partial charge in [0.05, 0.1) is 11.0 Å². The summed E-state index contributed by atoms with van der Waals surface area (Å²) in [5.74, 6) is 0.680. The van der Waals surface area contributed by atoms with Crippen molar-refractivity contribution in [2.24, 2.45) is 0 Å². The number of hydrogen-bond donors (Lipinski definition) is 0. The van der Waals surface area contributed by atoms with Crippen LogP contribution in [-0.4, -0.2) is 14.5 Å². The molecule has 6 nitrogen and oxygen atoms in total. The Morgan fingerprint density at radius 2 is 1.00 bits per heavy atom. The lowest BCUT2D eigenvalue weighted by atomic mass is 9.95. The minimum atomic E-state index is 0.489. The number of fused-ring (bicyclic) bond motifs is 9. The molecule has 0 unspecified atom stereocenters. The van der Waals surface area contributed by atoms with Crippen molar-refractivity contribution in [1.82, 2.24) is 14.5 Å². The van der Waals surface area contributed by atoms with Gasteiger partial charge in [0, 0.05) is 43.3 Å². The molecule has 13 rings (SSSR count). The molecule has 6 heteroatoms. The number of aromatic nitrogens is 3. The largest absolute Gasteiger partial charge is 0.456 e. The van der Waals surface area contributed by atoms with Gasteiger partial charge >= 0.3 is 0 Å². The van der Waals surface area contributed by atoms with E-state index in [-0.39, 0.29) is 0 Å². The molecule has 0 atom stereocenters. The lowest BCUT2D eigenvalue weighted by molar-refractivity contribution is 0.652. The molecule has 0 amide bonds. The number of hydrogen-bond acceptors (Lipinski definition) is 5. The summed E-state index contributed by atoms with van der Waals surface area (Å²) in [7, 11) is 0. The molecule has 5 aromatic heterocycles. The van der Waals surface area contributed by atoms with Crippen LogP contribution in [0.2, 0.25) is 0 Å². The molecule has 5 heterocycles. The summed E-state index contributed by atoms with van der Waals surface area (Å²) >= 11 is 0.